The van der Waals surface area contributed by atoms with Crippen molar-refractivity contribution in [2.24, 2.45) is 0 Å². The van der Waals surface area contributed by atoms with Crippen molar-refractivity contribution in [1.82, 2.24) is 9.13 Å². The summed E-state index contributed by atoms with van der Waals surface area (Å²) in [7, 11) is 0. The SMILES string of the molecule is [2H]c1c([2H])c(-n2c3[se]c4c([2H])c([2H])c([2H])c([2H])c4c3c3c([2H])c([2H])c([2H])c([2H])c32)c([2H])c2c1B1c3c(cc(C(C)(C)C)cc3N(c3c(-c4cccc(-c5ccccc5)c4)cc(C(C)(C)C)cc3-c3cccc(-c4ccccc4)c3)c3c([2H])c(-n4c5[se]c6c([2H])c([2H])c([2H])c([2H])c6c5c5c([2H])c([2H])c([2H])c([2H])c54)c([2H])c([2H])c31)N2c1c(-c2cccc(-c3ccccc3)c2)cc(C(C)(C)C)cc1-c1cccc(-c2ccccc2)c1. The zero-order chi connectivity index (χ0) is 103. The van der Waals surface area contributed by atoms with E-state index in [-0.39, 0.29) is 94.3 Å². The van der Waals surface area contributed by atoms with E-state index in [2.05, 4.69) is 123 Å². The first-order valence-corrected chi connectivity index (χ1v) is 45.4. The van der Waals surface area contributed by atoms with E-state index in [0.717, 1.165) is 55.6 Å². The number of aromatic nitrogens is 2. The van der Waals surface area contributed by atoms with Gasteiger partial charge >= 0.3 is 658 Å². The summed E-state index contributed by atoms with van der Waals surface area (Å²) in [6.07, 6.45) is 0. The van der Waals surface area contributed by atoms with Crippen molar-refractivity contribution < 1.29 is 30.2 Å². The standard InChI is InChI=1S/C118H91BN4Se2/c1-116(2,3)86-66-95(82-46-30-42-78(62-82)74-34-14-10-15-35-74)112(96(67-86)83-47-31-43-79(63-83)75-36-16-11-17-37-75)122-103-72-89(120-101-54-26-22-50-91(101)109-93-52-24-28-56-107(93)124-114(109)120)58-60-99(103)119-100-61-59-90(121-102-55-27-23-51-92(102)110-94-53-25-29-57-108(94)125-115(110)121)73-104(100)123(106-71-88(118(7,8)9)70-105(122)111(106)119)113-97(84-48-32-44-80(64-84)76-38-18-12-19-39-76)68-87(117(4,5)6)69-98(113)85-49-33-45-81(65-85)77-40-20-13-21-41-77/h10-73H,1-9H3/i22D,23D,24D,25D,26D,27D,28D,29D,50D,51D,52D,53D,54D,55D,56D,57D,58D,59D,60D,61D,72D,73D. The molecule has 0 saturated heterocycles. The first-order chi connectivity index (χ1) is 70.1. The topological polar surface area (TPSA) is 16.3 Å². The van der Waals surface area contributed by atoms with E-state index < -0.39 is 185 Å². The van der Waals surface area contributed by atoms with Crippen molar-refractivity contribution in [3.05, 3.63) is 404 Å². The second-order valence-corrected chi connectivity index (χ2v) is 39.7. The molecule has 0 fully saturated rings. The predicted molar refractivity (Wildman–Crippen MR) is 538 cm³/mol. The van der Waals surface area contributed by atoms with E-state index in [1.54, 1.807) is 0 Å². The minimum atomic E-state index is -1.65. The number of anilines is 6. The zero-order valence-corrected chi connectivity index (χ0v) is 73.4. The van der Waals surface area contributed by atoms with E-state index in [1.165, 1.54) is 9.13 Å². The van der Waals surface area contributed by atoms with Gasteiger partial charge < -0.3 is 0 Å². The quantitative estimate of drug-likeness (QED) is 0.113. The Morgan fingerprint density at radius 3 is 0.888 bits per heavy atom. The number of benzene rings is 17. The number of fused-ring (bicyclic) bond motifs is 14. The number of hydrogen-bond acceptors (Lipinski definition) is 2. The van der Waals surface area contributed by atoms with Crippen molar-refractivity contribution in [2.75, 3.05) is 9.80 Å². The molecule has 2 aliphatic heterocycles. The fraction of sp³-hybridized carbons (Fsp3) is 0.102. The summed E-state index contributed by atoms with van der Waals surface area (Å²) in [6, 6.07) is 73.1. The molecule has 17 aromatic carbocycles. The van der Waals surface area contributed by atoms with Crippen LogP contribution in [0.3, 0.4) is 0 Å². The molecule has 0 N–H and O–H groups in total. The van der Waals surface area contributed by atoms with Crippen molar-refractivity contribution in [2.45, 2.75) is 78.6 Å². The van der Waals surface area contributed by atoms with Gasteiger partial charge in [-0.25, -0.2) is 0 Å². The Hall–Kier alpha value is -13.5. The Bertz CT molecular complexity index is 8610. The van der Waals surface area contributed by atoms with Crippen LogP contribution in [-0.2, 0) is 16.2 Å². The molecule has 598 valence electrons. The molecular formula is C118H91BN4Se2. The van der Waals surface area contributed by atoms with Crippen LogP contribution in [0.2, 0.25) is 0 Å². The molecule has 4 nitrogen and oxygen atoms in total. The van der Waals surface area contributed by atoms with Crippen LogP contribution in [0.5, 0.6) is 0 Å². The van der Waals surface area contributed by atoms with E-state index >= 15 is 0 Å². The molecule has 0 saturated carbocycles. The third kappa shape index (κ3) is 12.8. The summed E-state index contributed by atoms with van der Waals surface area (Å²) in [5, 5.41) is -0.241. The summed E-state index contributed by atoms with van der Waals surface area (Å²) in [4.78, 5) is 4.04. The monoisotopic (exact) mass is 1760 g/mol. The molecule has 7 heteroatoms. The van der Waals surface area contributed by atoms with Crippen molar-refractivity contribution in [3.63, 3.8) is 0 Å². The van der Waals surface area contributed by atoms with Gasteiger partial charge in [-0.15, -0.1) is 0 Å². The Balaban J connectivity index is 0.982. The molecule has 23 rings (SSSR count). The van der Waals surface area contributed by atoms with Crippen LogP contribution < -0.4 is 26.2 Å². The van der Waals surface area contributed by atoms with Crippen LogP contribution in [0.25, 0.3) is 161 Å². The Labute approximate surface area is 774 Å². The number of hydrogen-bond donors (Lipinski definition) is 0. The van der Waals surface area contributed by atoms with Gasteiger partial charge in [0.1, 0.15) is 0 Å². The first kappa shape index (κ1) is 56.3. The van der Waals surface area contributed by atoms with Gasteiger partial charge in [-0.1, -0.05) is 121 Å². The summed E-state index contributed by atoms with van der Waals surface area (Å²) < 4.78 is 230. The van der Waals surface area contributed by atoms with Crippen LogP contribution in [0.4, 0.5) is 34.1 Å². The molecule has 0 unspecified atom stereocenters. The normalized spacial score (nSPS) is 15.3. The fourth-order valence-corrected chi connectivity index (χ4v) is 23.2. The number of rotatable bonds is 12. The van der Waals surface area contributed by atoms with Crippen molar-refractivity contribution in [3.8, 4) is 100 Å². The predicted octanol–water partition coefficient (Wildman–Crippen LogP) is 29.6. The molecule has 0 aliphatic carbocycles. The van der Waals surface area contributed by atoms with Gasteiger partial charge in [-0.3, -0.25) is 0 Å². The van der Waals surface area contributed by atoms with E-state index in [1.807, 2.05) is 204 Å². The minimum absolute atomic E-state index is 0.0151. The molecular weight excluding hydrogens is 1640 g/mol. The molecule has 0 radical (unpaired) electrons. The van der Waals surface area contributed by atoms with Gasteiger partial charge in [0.05, 0.1) is 0 Å². The molecule has 21 aromatic rings. The maximum absolute atomic E-state index is 12.3. The van der Waals surface area contributed by atoms with E-state index in [4.69, 9.17) is 0 Å². The zero-order valence-electron chi connectivity index (χ0n) is 91.9. The fourth-order valence-electron chi connectivity index (χ4n) is 18.5. The van der Waals surface area contributed by atoms with Gasteiger partial charge in [0, 0.05) is 0 Å². The summed E-state index contributed by atoms with van der Waals surface area (Å²) in [5.41, 5.74) is 12.6. The van der Waals surface area contributed by atoms with Crippen LogP contribution >= 0.6 is 0 Å². The summed E-state index contributed by atoms with van der Waals surface area (Å²) in [5.74, 6) is 0. The van der Waals surface area contributed by atoms with Gasteiger partial charge in [-0.2, -0.15) is 0 Å². The van der Waals surface area contributed by atoms with Gasteiger partial charge in [0.25, 0.3) is 0 Å². The Morgan fingerprint density at radius 1 is 0.272 bits per heavy atom. The molecule has 0 bridgehead atoms. The Kier molecular flexibility index (Phi) is 13.4. The summed E-state index contributed by atoms with van der Waals surface area (Å²) in [6.45, 7) is 17.5. The van der Waals surface area contributed by atoms with Gasteiger partial charge in [0.2, 0.25) is 0 Å². The second-order valence-electron chi connectivity index (χ2n) is 35.5. The van der Waals surface area contributed by atoms with Crippen molar-refractivity contribution >= 4 is 147 Å². The molecule has 125 heavy (non-hydrogen) atoms. The Morgan fingerprint density at radius 2 is 0.560 bits per heavy atom. The molecule has 4 aromatic heterocycles. The van der Waals surface area contributed by atoms with Gasteiger partial charge in [-0.05, 0) is 0 Å². The summed E-state index contributed by atoms with van der Waals surface area (Å²) >= 11 is -2.53. The maximum atomic E-state index is 12.3. The van der Waals surface area contributed by atoms with Crippen LogP contribution in [-0.4, -0.2) is 44.9 Å². The molecule has 0 amide bonds. The average Bonchev–Trinajstić information content (AvgIpc) is 1.67. The van der Waals surface area contributed by atoms with Crippen LogP contribution in [0.1, 0.15) is 109 Å². The molecule has 0 atom stereocenters. The molecule has 6 heterocycles. The third-order valence-corrected chi connectivity index (χ3v) is 29.3. The number of nitrogens with zero attached hydrogens (tertiary/aromatic N) is 4. The van der Waals surface area contributed by atoms with E-state index in [9.17, 15) is 30.2 Å². The average molecular weight is 1760 g/mol. The van der Waals surface area contributed by atoms with Gasteiger partial charge in [0.15, 0.2) is 0 Å². The second kappa shape index (κ2) is 29.6. The van der Waals surface area contributed by atoms with Crippen LogP contribution in [0.15, 0.2) is 388 Å². The van der Waals surface area contributed by atoms with E-state index in [0.29, 0.717) is 78.3 Å². The van der Waals surface area contributed by atoms with Crippen molar-refractivity contribution in [1.29, 1.82) is 0 Å². The third-order valence-electron chi connectivity index (χ3n) is 24.7. The number of para-hydroxylation sites is 2. The molecule has 2 aliphatic rings. The molecule has 0 spiro atoms. The first-order valence-electron chi connectivity index (χ1n) is 53.0. The van der Waals surface area contributed by atoms with Crippen LogP contribution in [0, 0.1) is 0 Å².